The maximum absolute atomic E-state index is 12.1. The minimum atomic E-state index is -0.106. The number of hydrogen-bond acceptors (Lipinski definition) is 2. The van der Waals surface area contributed by atoms with E-state index in [-0.39, 0.29) is 11.9 Å². The minimum absolute atomic E-state index is 0.00333. The van der Waals surface area contributed by atoms with Gasteiger partial charge in [0.1, 0.15) is 0 Å². The van der Waals surface area contributed by atoms with E-state index in [4.69, 9.17) is 11.6 Å². The lowest BCUT2D eigenvalue weighted by Crippen LogP contribution is -2.27. The summed E-state index contributed by atoms with van der Waals surface area (Å²) < 4.78 is 0. The summed E-state index contributed by atoms with van der Waals surface area (Å²) >= 11 is 6.23. The van der Waals surface area contributed by atoms with E-state index in [9.17, 15) is 4.79 Å². The molecule has 0 saturated heterocycles. The number of pyridine rings is 1. The van der Waals surface area contributed by atoms with Crippen LogP contribution in [0.4, 0.5) is 0 Å². The first-order valence-electron chi connectivity index (χ1n) is 6.24. The summed E-state index contributed by atoms with van der Waals surface area (Å²) in [5.74, 6) is -0.106. The molecule has 1 atom stereocenters. The lowest BCUT2D eigenvalue weighted by atomic mass is 10.1. The van der Waals surface area contributed by atoms with E-state index in [1.165, 1.54) is 5.56 Å². The van der Waals surface area contributed by atoms with Gasteiger partial charge in [-0.25, -0.2) is 0 Å². The molecule has 1 amide bonds. The molecule has 0 aliphatic heterocycles. The summed E-state index contributed by atoms with van der Waals surface area (Å²) in [4.78, 5) is 16.1. The van der Waals surface area contributed by atoms with Gasteiger partial charge in [0.15, 0.2) is 0 Å². The Morgan fingerprint density at radius 1 is 1.32 bits per heavy atom. The molecule has 1 N–H and O–H groups in total. The van der Waals surface area contributed by atoms with E-state index in [1.807, 2.05) is 12.1 Å². The van der Waals surface area contributed by atoms with E-state index in [0.717, 1.165) is 23.4 Å². The van der Waals surface area contributed by atoms with Crippen LogP contribution in [0, 0.1) is 0 Å². The number of carbonyl (C=O) groups is 1. The highest BCUT2D eigenvalue weighted by atomic mass is 35.5. The molecule has 96 valence electrons. The zero-order chi connectivity index (χ0) is 13.2. The van der Waals surface area contributed by atoms with Crippen LogP contribution in [0.3, 0.4) is 0 Å². The molecule has 1 aliphatic carbocycles. The lowest BCUT2D eigenvalue weighted by Gasteiger charge is -2.15. The monoisotopic (exact) mass is 272 g/mol. The van der Waals surface area contributed by atoms with E-state index < -0.39 is 0 Å². The number of halogens is 1. The average molecular weight is 273 g/mol. The molecule has 1 unspecified atom stereocenters. The van der Waals surface area contributed by atoms with Crippen molar-refractivity contribution in [3.8, 4) is 0 Å². The quantitative estimate of drug-likeness (QED) is 0.912. The molecule has 0 radical (unpaired) electrons. The van der Waals surface area contributed by atoms with Crippen molar-refractivity contribution in [2.75, 3.05) is 0 Å². The Bertz CT molecular complexity index is 613. The predicted molar refractivity (Wildman–Crippen MR) is 74.2 cm³/mol. The Hall–Kier alpha value is -1.87. The zero-order valence-electron chi connectivity index (χ0n) is 10.3. The molecule has 0 bridgehead atoms. The van der Waals surface area contributed by atoms with Crippen molar-refractivity contribution in [2.24, 2.45) is 0 Å². The SMILES string of the molecule is O=C(NC1CCc2cccc(Cl)c21)c1cccnc1. The molecular formula is C15H13ClN2O. The molecular weight excluding hydrogens is 260 g/mol. The fourth-order valence-electron chi connectivity index (χ4n) is 2.52. The number of amides is 1. The Morgan fingerprint density at radius 3 is 3.00 bits per heavy atom. The molecule has 1 aromatic heterocycles. The zero-order valence-corrected chi connectivity index (χ0v) is 11.0. The van der Waals surface area contributed by atoms with Crippen LogP contribution >= 0.6 is 11.6 Å². The molecule has 1 aromatic carbocycles. The summed E-state index contributed by atoms with van der Waals surface area (Å²) in [6, 6.07) is 9.39. The maximum atomic E-state index is 12.1. The van der Waals surface area contributed by atoms with Crippen molar-refractivity contribution in [1.82, 2.24) is 10.3 Å². The van der Waals surface area contributed by atoms with E-state index in [0.29, 0.717) is 5.56 Å². The van der Waals surface area contributed by atoms with Gasteiger partial charge in [-0.05, 0) is 42.2 Å². The number of rotatable bonds is 2. The van der Waals surface area contributed by atoms with Crippen LogP contribution < -0.4 is 5.32 Å². The van der Waals surface area contributed by atoms with Gasteiger partial charge in [-0.1, -0.05) is 23.7 Å². The number of nitrogens with zero attached hydrogens (tertiary/aromatic N) is 1. The number of aryl methyl sites for hydroxylation is 1. The van der Waals surface area contributed by atoms with Crippen LogP contribution in [-0.2, 0) is 6.42 Å². The third kappa shape index (κ3) is 2.34. The Kier molecular flexibility index (Phi) is 3.22. The second-order valence-electron chi connectivity index (χ2n) is 4.62. The molecule has 2 aromatic rings. The van der Waals surface area contributed by atoms with E-state index in [1.54, 1.807) is 24.5 Å². The Balaban J connectivity index is 1.82. The van der Waals surface area contributed by atoms with Crippen molar-refractivity contribution in [3.63, 3.8) is 0 Å². The highest BCUT2D eigenvalue weighted by Crippen LogP contribution is 2.36. The summed E-state index contributed by atoms with van der Waals surface area (Å²) in [6.45, 7) is 0. The standard InChI is InChI=1S/C15H13ClN2O/c16-12-5-1-3-10-6-7-13(14(10)12)18-15(19)11-4-2-8-17-9-11/h1-5,8-9,13H,6-7H2,(H,18,19). The van der Waals surface area contributed by atoms with Gasteiger partial charge in [-0.2, -0.15) is 0 Å². The molecule has 0 fully saturated rings. The first kappa shape index (κ1) is 12.2. The molecule has 1 heterocycles. The third-order valence-corrected chi connectivity index (χ3v) is 3.75. The van der Waals surface area contributed by atoms with Crippen molar-refractivity contribution < 1.29 is 4.79 Å². The summed E-state index contributed by atoms with van der Waals surface area (Å²) in [7, 11) is 0. The number of nitrogens with one attached hydrogen (secondary N) is 1. The Labute approximate surface area is 116 Å². The van der Waals surface area contributed by atoms with Gasteiger partial charge in [-0.15, -0.1) is 0 Å². The van der Waals surface area contributed by atoms with Gasteiger partial charge in [0.05, 0.1) is 11.6 Å². The summed E-state index contributed by atoms with van der Waals surface area (Å²) in [5, 5.41) is 3.76. The first-order valence-corrected chi connectivity index (χ1v) is 6.61. The summed E-state index contributed by atoms with van der Waals surface area (Å²) in [6.07, 6.45) is 5.06. The van der Waals surface area contributed by atoms with Gasteiger partial charge in [0.25, 0.3) is 5.91 Å². The number of benzene rings is 1. The molecule has 3 rings (SSSR count). The smallest absolute Gasteiger partial charge is 0.253 e. The second kappa shape index (κ2) is 5.02. The van der Waals surface area contributed by atoms with E-state index >= 15 is 0 Å². The first-order chi connectivity index (χ1) is 9.25. The van der Waals surface area contributed by atoms with Crippen molar-refractivity contribution in [3.05, 3.63) is 64.4 Å². The molecule has 19 heavy (non-hydrogen) atoms. The number of aromatic nitrogens is 1. The van der Waals surface area contributed by atoms with Crippen molar-refractivity contribution in [1.29, 1.82) is 0 Å². The highest BCUT2D eigenvalue weighted by molar-refractivity contribution is 6.31. The fraction of sp³-hybridized carbons (Fsp3) is 0.200. The van der Waals surface area contributed by atoms with Crippen LogP contribution in [-0.4, -0.2) is 10.9 Å². The normalized spacial score (nSPS) is 17.0. The molecule has 1 aliphatic rings. The van der Waals surface area contributed by atoms with Gasteiger partial charge in [-0.3, -0.25) is 9.78 Å². The van der Waals surface area contributed by atoms with Gasteiger partial charge in [0.2, 0.25) is 0 Å². The Morgan fingerprint density at radius 2 is 2.21 bits per heavy atom. The van der Waals surface area contributed by atoms with Crippen molar-refractivity contribution in [2.45, 2.75) is 18.9 Å². The maximum Gasteiger partial charge on any atom is 0.253 e. The third-order valence-electron chi connectivity index (χ3n) is 3.42. The van der Waals surface area contributed by atoms with Crippen LogP contribution in [0.25, 0.3) is 0 Å². The largest absolute Gasteiger partial charge is 0.345 e. The van der Waals surface area contributed by atoms with Crippen LogP contribution in [0.1, 0.15) is 33.9 Å². The van der Waals surface area contributed by atoms with Crippen molar-refractivity contribution >= 4 is 17.5 Å². The number of carbonyl (C=O) groups excluding carboxylic acids is 1. The van der Waals surface area contributed by atoms with Crippen LogP contribution in [0.5, 0.6) is 0 Å². The molecule has 0 spiro atoms. The minimum Gasteiger partial charge on any atom is -0.345 e. The summed E-state index contributed by atoms with van der Waals surface area (Å²) in [5.41, 5.74) is 2.85. The average Bonchev–Trinajstić information content (AvgIpc) is 2.84. The predicted octanol–water partition coefficient (Wildman–Crippen LogP) is 3.15. The highest BCUT2D eigenvalue weighted by Gasteiger charge is 2.26. The van der Waals surface area contributed by atoms with Crippen LogP contribution in [0.15, 0.2) is 42.7 Å². The number of hydrogen-bond donors (Lipinski definition) is 1. The molecule has 4 heteroatoms. The molecule has 0 saturated carbocycles. The van der Waals surface area contributed by atoms with E-state index in [2.05, 4.69) is 16.4 Å². The van der Waals surface area contributed by atoms with Crippen LogP contribution in [0.2, 0.25) is 5.02 Å². The lowest BCUT2D eigenvalue weighted by molar-refractivity contribution is 0.0936. The fourth-order valence-corrected chi connectivity index (χ4v) is 2.84. The number of fused-ring (bicyclic) bond motifs is 1. The van der Waals surface area contributed by atoms with Gasteiger partial charge < -0.3 is 5.32 Å². The topological polar surface area (TPSA) is 42.0 Å². The second-order valence-corrected chi connectivity index (χ2v) is 5.03. The molecule has 3 nitrogen and oxygen atoms in total. The van der Waals surface area contributed by atoms with Gasteiger partial charge in [0, 0.05) is 17.4 Å². The van der Waals surface area contributed by atoms with Gasteiger partial charge >= 0.3 is 0 Å².